The number of nitrogens with one attached hydrogen (secondary N) is 1. The Labute approximate surface area is 187 Å². The number of piperidine rings is 1. The van der Waals surface area contributed by atoms with Crippen molar-refractivity contribution in [3.05, 3.63) is 24.3 Å². The minimum atomic E-state index is -4.66. The van der Waals surface area contributed by atoms with Crippen molar-refractivity contribution >= 4 is 27.3 Å². The molecule has 0 aromatic heterocycles. The highest BCUT2D eigenvalue weighted by atomic mass is 32.2. The Morgan fingerprint density at radius 1 is 1.00 bits per heavy atom. The number of carbonyl (C=O) groups is 2. The Balaban J connectivity index is 1.42. The first-order chi connectivity index (χ1) is 15.2. The Morgan fingerprint density at radius 2 is 1.59 bits per heavy atom. The van der Waals surface area contributed by atoms with E-state index < -0.39 is 20.5 Å². The highest BCUT2D eigenvalue weighted by Gasteiger charge is 2.27. The molecule has 1 aromatic rings. The van der Waals surface area contributed by atoms with Gasteiger partial charge in [-0.1, -0.05) is 0 Å². The number of benzene rings is 1. The second kappa shape index (κ2) is 10.7. The molecule has 11 heteroatoms. The average Bonchev–Trinajstić information content (AvgIpc) is 2.75. The molecule has 32 heavy (non-hydrogen) atoms. The first-order valence-electron chi connectivity index (χ1n) is 10.8. The minimum absolute atomic E-state index is 0.155. The Hall–Kier alpha value is -2.11. The normalized spacial score (nSPS) is 21.0. The fourth-order valence-corrected chi connectivity index (χ4v) is 4.81. The van der Waals surface area contributed by atoms with E-state index in [9.17, 15) is 26.8 Å². The van der Waals surface area contributed by atoms with Gasteiger partial charge in [-0.3, -0.25) is 19.4 Å². The second-order valence-electron chi connectivity index (χ2n) is 8.36. The van der Waals surface area contributed by atoms with Crippen LogP contribution in [0.2, 0.25) is 0 Å². The summed E-state index contributed by atoms with van der Waals surface area (Å²) in [6.45, 7) is 6.18. The summed E-state index contributed by atoms with van der Waals surface area (Å²) in [7, 11) is -4.66. The molecule has 2 aliphatic heterocycles. The lowest BCUT2D eigenvalue weighted by molar-refractivity contribution is -0.136. The SMILES string of the molecule is CC1CCCCN1C(=O)CN1CCN(CC(=O)Nc2ccc(S(=O)(=O)C(F)F)cc2)CC1. The van der Waals surface area contributed by atoms with Gasteiger partial charge in [-0.05, 0) is 50.5 Å². The maximum atomic E-state index is 12.6. The van der Waals surface area contributed by atoms with Crippen molar-refractivity contribution in [2.75, 3.05) is 51.1 Å². The molecule has 1 aromatic carbocycles. The number of amides is 2. The quantitative estimate of drug-likeness (QED) is 0.649. The molecule has 0 aliphatic carbocycles. The van der Waals surface area contributed by atoms with Gasteiger partial charge < -0.3 is 10.2 Å². The van der Waals surface area contributed by atoms with Gasteiger partial charge in [-0.15, -0.1) is 0 Å². The number of alkyl halides is 2. The third-order valence-electron chi connectivity index (χ3n) is 6.02. The largest absolute Gasteiger partial charge is 0.341 e. The zero-order valence-electron chi connectivity index (χ0n) is 18.2. The van der Waals surface area contributed by atoms with Crippen LogP contribution >= 0.6 is 0 Å². The van der Waals surface area contributed by atoms with Crippen LogP contribution in [0.25, 0.3) is 0 Å². The van der Waals surface area contributed by atoms with E-state index in [2.05, 4.69) is 17.1 Å². The van der Waals surface area contributed by atoms with Crippen LogP contribution in [-0.2, 0) is 19.4 Å². The molecule has 0 saturated carbocycles. The van der Waals surface area contributed by atoms with E-state index >= 15 is 0 Å². The lowest BCUT2D eigenvalue weighted by atomic mass is 10.0. The third-order valence-corrected chi connectivity index (χ3v) is 7.41. The van der Waals surface area contributed by atoms with E-state index in [4.69, 9.17) is 0 Å². The van der Waals surface area contributed by atoms with E-state index in [-0.39, 0.29) is 18.4 Å². The van der Waals surface area contributed by atoms with Crippen molar-refractivity contribution in [1.82, 2.24) is 14.7 Å². The van der Waals surface area contributed by atoms with E-state index in [0.29, 0.717) is 44.5 Å². The molecule has 0 bridgehead atoms. The molecular weight excluding hydrogens is 442 g/mol. The van der Waals surface area contributed by atoms with Crippen LogP contribution in [0.1, 0.15) is 26.2 Å². The fourth-order valence-electron chi connectivity index (χ4n) is 4.09. The van der Waals surface area contributed by atoms with E-state index in [1.165, 1.54) is 18.6 Å². The molecule has 8 nitrogen and oxygen atoms in total. The van der Waals surface area contributed by atoms with Gasteiger partial charge in [0, 0.05) is 44.5 Å². The molecule has 1 N–H and O–H groups in total. The highest BCUT2D eigenvalue weighted by molar-refractivity contribution is 7.91. The number of anilines is 1. The summed E-state index contributed by atoms with van der Waals surface area (Å²) >= 11 is 0. The number of hydrogen-bond donors (Lipinski definition) is 1. The maximum Gasteiger partial charge on any atom is 0.341 e. The van der Waals surface area contributed by atoms with Gasteiger partial charge in [0.2, 0.25) is 21.7 Å². The van der Waals surface area contributed by atoms with Gasteiger partial charge >= 0.3 is 5.76 Å². The molecule has 0 radical (unpaired) electrons. The first kappa shape index (κ1) is 24.5. The monoisotopic (exact) mass is 472 g/mol. The molecule has 2 saturated heterocycles. The molecule has 2 fully saturated rings. The molecule has 1 atom stereocenters. The molecule has 178 valence electrons. The number of carbonyl (C=O) groups excluding carboxylic acids is 2. The summed E-state index contributed by atoms with van der Waals surface area (Å²) in [4.78, 5) is 30.5. The Morgan fingerprint density at radius 3 is 2.16 bits per heavy atom. The molecule has 2 amide bonds. The van der Waals surface area contributed by atoms with Gasteiger partial charge in [-0.25, -0.2) is 8.42 Å². The van der Waals surface area contributed by atoms with Crippen molar-refractivity contribution in [2.24, 2.45) is 0 Å². The van der Waals surface area contributed by atoms with Crippen molar-refractivity contribution in [1.29, 1.82) is 0 Å². The van der Waals surface area contributed by atoms with Gasteiger partial charge in [-0.2, -0.15) is 8.78 Å². The van der Waals surface area contributed by atoms with Crippen molar-refractivity contribution in [3.63, 3.8) is 0 Å². The van der Waals surface area contributed by atoms with Crippen molar-refractivity contribution in [3.8, 4) is 0 Å². The zero-order chi connectivity index (χ0) is 23.3. The Bertz CT molecular complexity index is 903. The summed E-state index contributed by atoms with van der Waals surface area (Å²) < 4.78 is 48.1. The molecule has 2 heterocycles. The van der Waals surface area contributed by atoms with Crippen molar-refractivity contribution < 1.29 is 26.8 Å². The standard InChI is InChI=1S/C21H30F2N4O4S/c1-16-4-2-3-9-27(16)20(29)15-26-12-10-25(11-13-26)14-19(28)24-17-5-7-18(8-6-17)32(30,31)21(22)23/h5-8,16,21H,2-4,9-15H2,1H3,(H,24,28). The van der Waals surface area contributed by atoms with E-state index in [0.717, 1.165) is 31.5 Å². The highest BCUT2D eigenvalue weighted by Crippen LogP contribution is 2.20. The lowest BCUT2D eigenvalue weighted by Crippen LogP contribution is -2.53. The third kappa shape index (κ3) is 6.23. The maximum absolute atomic E-state index is 12.6. The molecule has 1 unspecified atom stereocenters. The van der Waals surface area contributed by atoms with Crippen LogP contribution in [-0.4, -0.2) is 92.5 Å². The number of likely N-dealkylation sites (tertiary alicyclic amines) is 1. The summed E-state index contributed by atoms with van der Waals surface area (Å²) in [6.07, 6.45) is 3.29. The predicted octanol–water partition coefficient (Wildman–Crippen LogP) is 1.64. The van der Waals surface area contributed by atoms with Crippen molar-refractivity contribution in [2.45, 2.75) is 42.9 Å². The minimum Gasteiger partial charge on any atom is -0.339 e. The number of rotatable bonds is 7. The zero-order valence-corrected chi connectivity index (χ0v) is 19.0. The van der Waals surface area contributed by atoms with Crippen LogP contribution in [0.4, 0.5) is 14.5 Å². The fraction of sp³-hybridized carbons (Fsp3) is 0.619. The average molecular weight is 473 g/mol. The number of sulfone groups is 1. The van der Waals surface area contributed by atoms with Gasteiger partial charge in [0.15, 0.2) is 0 Å². The smallest absolute Gasteiger partial charge is 0.339 e. The molecule has 2 aliphatic rings. The number of hydrogen-bond acceptors (Lipinski definition) is 6. The lowest BCUT2D eigenvalue weighted by Gasteiger charge is -2.37. The Kier molecular flexibility index (Phi) is 8.18. The van der Waals surface area contributed by atoms with Crippen LogP contribution < -0.4 is 5.32 Å². The van der Waals surface area contributed by atoms with Crippen LogP contribution in [0, 0.1) is 0 Å². The number of piperazine rings is 1. The number of halogens is 2. The summed E-state index contributed by atoms with van der Waals surface area (Å²) in [5.41, 5.74) is 0.336. The summed E-state index contributed by atoms with van der Waals surface area (Å²) in [5.74, 6) is -3.60. The molecule has 3 rings (SSSR count). The molecule has 0 spiro atoms. The van der Waals surface area contributed by atoms with E-state index in [1.54, 1.807) is 0 Å². The van der Waals surface area contributed by atoms with Gasteiger partial charge in [0.25, 0.3) is 0 Å². The summed E-state index contributed by atoms with van der Waals surface area (Å²) in [6, 6.07) is 4.98. The van der Waals surface area contributed by atoms with Crippen LogP contribution in [0.5, 0.6) is 0 Å². The predicted molar refractivity (Wildman–Crippen MR) is 116 cm³/mol. The first-order valence-corrected chi connectivity index (χ1v) is 12.4. The van der Waals surface area contributed by atoms with Gasteiger partial charge in [0.05, 0.1) is 18.0 Å². The van der Waals surface area contributed by atoms with Gasteiger partial charge in [0.1, 0.15) is 0 Å². The summed E-state index contributed by atoms with van der Waals surface area (Å²) in [5, 5.41) is 2.65. The number of nitrogens with zero attached hydrogens (tertiary/aromatic N) is 3. The topological polar surface area (TPSA) is 90.0 Å². The second-order valence-corrected chi connectivity index (χ2v) is 10.3. The van der Waals surface area contributed by atoms with E-state index in [1.807, 2.05) is 9.80 Å². The molecular formula is C21H30F2N4O4S. The van der Waals surface area contributed by atoms with Crippen LogP contribution in [0.3, 0.4) is 0 Å². The van der Waals surface area contributed by atoms with Crippen LogP contribution in [0.15, 0.2) is 29.2 Å².